The molecule has 0 radical (unpaired) electrons. The molecule has 0 aromatic carbocycles. The van der Waals surface area contributed by atoms with E-state index in [2.05, 4.69) is 0 Å². The van der Waals surface area contributed by atoms with Gasteiger partial charge in [-0.05, 0) is 0 Å². The molecule has 9 nitrogen and oxygen atoms in total. The van der Waals surface area contributed by atoms with Crippen molar-refractivity contribution in [3.05, 3.63) is 0 Å². The Morgan fingerprint density at radius 2 is 0.300 bits per heavy atom. The van der Waals surface area contributed by atoms with Gasteiger partial charge in [-0.15, -0.1) is 0 Å². The molecule has 0 saturated heterocycles. The Bertz CT molecular complexity index is 13.0. The van der Waals surface area contributed by atoms with Crippen LogP contribution in [0.3, 0.4) is 0 Å². The van der Waals surface area contributed by atoms with Crippen LogP contribution in [0.5, 0.6) is 0 Å². The third-order valence-corrected chi connectivity index (χ3v) is 0. The van der Waals surface area contributed by atoms with Gasteiger partial charge in [-0.25, -0.2) is 0 Å². The number of rotatable bonds is 0. The van der Waals surface area contributed by atoms with Gasteiger partial charge >= 0.3 is 20.1 Å². The van der Waals surface area contributed by atoms with E-state index in [1.807, 2.05) is 0 Å². The molecule has 0 aliphatic heterocycles. The Morgan fingerprint density at radius 1 is 0.300 bits per heavy atom. The van der Waals surface area contributed by atoms with Crippen molar-refractivity contribution < 1.29 is 36.5 Å². The molecule has 0 aliphatic rings. The van der Waals surface area contributed by atoms with Crippen LogP contribution in [0, 0.1) is 0 Å². The summed E-state index contributed by atoms with van der Waals surface area (Å²) in [6.45, 7) is 0. The molecule has 10 heteroatoms. The van der Waals surface area contributed by atoms with Crippen LogP contribution < -0.4 is 36.9 Å². The molecule has 0 spiro atoms. The molecule has 10 heavy (non-hydrogen) atoms. The van der Waals surface area contributed by atoms with Crippen LogP contribution in [0.4, 0.5) is 0 Å². The monoisotopic (exact) mass is 346 g/mol. The molecule has 0 heterocycles. The molecule has 0 fully saturated rings. The fourth-order valence-corrected chi connectivity index (χ4v) is 0. The summed E-state index contributed by atoms with van der Waals surface area (Å²) in [4.78, 5) is 0. The Hall–Kier alpha value is 0.289. The summed E-state index contributed by atoms with van der Waals surface area (Å²) in [7, 11) is 0. The Labute approximate surface area is 74.1 Å². The van der Waals surface area contributed by atoms with Crippen LogP contribution in [0.1, 0.15) is 0 Å². The van der Waals surface area contributed by atoms with Gasteiger partial charge in [0.15, 0.2) is 0 Å². The van der Waals surface area contributed by atoms with E-state index in [9.17, 15) is 0 Å². The van der Waals surface area contributed by atoms with Crippen molar-refractivity contribution in [2.75, 3.05) is 0 Å². The van der Waals surface area contributed by atoms with E-state index in [0.29, 0.717) is 0 Å². The van der Waals surface area contributed by atoms with Gasteiger partial charge in [-0.3, -0.25) is 0 Å². The first-order valence-electron chi connectivity index (χ1n) is 0. The van der Waals surface area contributed by atoms with E-state index in [0.717, 1.165) is 0 Å². The number of hydrogen-bond donors (Lipinski definition) is 6. The van der Waals surface area contributed by atoms with Crippen LogP contribution >= 0.6 is 0 Å². The topological polar surface area (TPSA) is 300 Å². The van der Waals surface area contributed by atoms with Crippen LogP contribution in [0.25, 0.3) is 0 Å². The molecular formula is H21IrN6O3. The maximum atomic E-state index is 0. The van der Waals surface area contributed by atoms with Crippen molar-refractivity contribution in [3.8, 4) is 0 Å². The van der Waals surface area contributed by atoms with E-state index in [4.69, 9.17) is 0 Å². The molecule has 0 unspecified atom stereocenters. The summed E-state index contributed by atoms with van der Waals surface area (Å²) >= 11 is 0. The molecule has 0 aliphatic carbocycles. The number of hydrogen-bond acceptors (Lipinski definition) is 9. The third kappa shape index (κ3) is 5260. The summed E-state index contributed by atoms with van der Waals surface area (Å²) in [5, 5.41) is 0. The molecule has 21 N–H and O–H groups in total. The Morgan fingerprint density at radius 3 is 0.300 bits per heavy atom. The first-order chi connectivity index (χ1) is 0. The maximum Gasteiger partial charge on any atom is 3.00 e. The third-order valence-electron chi connectivity index (χ3n) is 0. The summed E-state index contributed by atoms with van der Waals surface area (Å²) in [5.41, 5.74) is 0. The van der Waals surface area contributed by atoms with Gasteiger partial charge in [0.05, 0.1) is 0 Å². The van der Waals surface area contributed by atoms with Gasteiger partial charge in [0.1, 0.15) is 0 Å². The van der Waals surface area contributed by atoms with Crippen LogP contribution in [0.15, 0.2) is 0 Å². The zero-order valence-electron chi connectivity index (χ0n) is 5.92. The zero-order chi connectivity index (χ0) is 0. The zero-order valence-corrected chi connectivity index (χ0v) is 8.31. The fraction of sp³-hybridized carbons (Fsp3) is 0. The average Bonchev–Trinajstić information content (AvgIpc) is 0. The van der Waals surface area contributed by atoms with Crippen LogP contribution in [0.2, 0.25) is 0 Å². The predicted octanol–water partition coefficient (Wildman–Crippen LogP) is 0.439. The molecule has 0 rings (SSSR count). The normalized spacial score (nSPS) is 0. The van der Waals surface area contributed by atoms with Gasteiger partial charge in [-0.1, -0.05) is 0 Å². The van der Waals surface area contributed by atoms with Crippen LogP contribution in [-0.4, -0.2) is 16.4 Å². The molecule has 0 amide bonds. The van der Waals surface area contributed by atoms with Crippen molar-refractivity contribution in [1.82, 2.24) is 36.9 Å². The second-order valence-electron chi connectivity index (χ2n) is 0. The standard InChI is InChI=1S/Ir.6H3N.3H2O/h;6*1H3;3*1H2/q+3;;;;;;;;;/p-3. The van der Waals surface area contributed by atoms with Gasteiger partial charge < -0.3 is 53.3 Å². The van der Waals surface area contributed by atoms with Gasteiger partial charge in [-0.2, -0.15) is 0 Å². The molecule has 0 bridgehead atoms. The molecule has 0 aromatic heterocycles. The second-order valence-corrected chi connectivity index (χ2v) is 0. The Balaban J connectivity index is 0. The fourth-order valence-electron chi connectivity index (χ4n) is 0. The van der Waals surface area contributed by atoms with Crippen molar-refractivity contribution in [2.45, 2.75) is 0 Å². The summed E-state index contributed by atoms with van der Waals surface area (Å²) in [6.07, 6.45) is 0. The second kappa shape index (κ2) is 7620. The van der Waals surface area contributed by atoms with Crippen molar-refractivity contribution in [2.24, 2.45) is 0 Å². The molecular weight excluding hydrogens is 324 g/mol. The smallest absolute Gasteiger partial charge is 0.870 e. The molecule has 78 valence electrons. The van der Waals surface area contributed by atoms with Gasteiger partial charge in [0.25, 0.3) is 0 Å². The quantitative estimate of drug-likeness (QED) is 0.354. The minimum atomic E-state index is 0. The SMILES string of the molecule is N.N.N.N.N.N.[Ir+3].[OH-].[OH-].[OH-]. The first-order valence-corrected chi connectivity index (χ1v) is 0. The summed E-state index contributed by atoms with van der Waals surface area (Å²) < 4.78 is 0. The van der Waals surface area contributed by atoms with E-state index in [1.54, 1.807) is 0 Å². The van der Waals surface area contributed by atoms with Crippen molar-refractivity contribution in [1.29, 1.82) is 0 Å². The van der Waals surface area contributed by atoms with E-state index in [1.165, 1.54) is 0 Å². The Kier molecular flexibility index (Phi) is 8090000. The molecule has 0 saturated carbocycles. The molecule has 0 atom stereocenters. The van der Waals surface area contributed by atoms with Gasteiger partial charge in [0, 0.05) is 0 Å². The summed E-state index contributed by atoms with van der Waals surface area (Å²) in [5.74, 6) is 0. The van der Waals surface area contributed by atoms with E-state index in [-0.39, 0.29) is 73.4 Å². The van der Waals surface area contributed by atoms with Crippen LogP contribution in [-0.2, 0) is 20.1 Å². The van der Waals surface area contributed by atoms with Crippen molar-refractivity contribution >= 4 is 0 Å². The van der Waals surface area contributed by atoms with Crippen molar-refractivity contribution in [3.63, 3.8) is 0 Å². The van der Waals surface area contributed by atoms with E-state index >= 15 is 0 Å². The molecule has 0 aromatic rings. The largest absolute Gasteiger partial charge is 3.00 e. The predicted molar refractivity (Wildman–Crippen MR) is 35.9 cm³/mol. The minimum absolute atomic E-state index is 0. The first kappa shape index (κ1) is 10600. The van der Waals surface area contributed by atoms with E-state index < -0.39 is 0 Å². The average molecular weight is 345 g/mol. The summed E-state index contributed by atoms with van der Waals surface area (Å²) in [6, 6.07) is 0. The van der Waals surface area contributed by atoms with Gasteiger partial charge in [0.2, 0.25) is 0 Å². The maximum absolute atomic E-state index is 0. The minimum Gasteiger partial charge on any atom is -0.870 e.